The summed E-state index contributed by atoms with van der Waals surface area (Å²) < 4.78 is 5.56. The molecule has 1 aliphatic carbocycles. The molecule has 12 heavy (non-hydrogen) atoms. The van der Waals surface area contributed by atoms with Crippen LogP contribution in [0.5, 0.6) is 0 Å². The summed E-state index contributed by atoms with van der Waals surface area (Å²) in [6.45, 7) is 4.15. The molecule has 0 fully saturated rings. The predicted octanol–water partition coefficient (Wildman–Crippen LogP) is 1.74. The normalized spacial score (nSPS) is 21.8. The molecule has 0 saturated carbocycles. The Morgan fingerprint density at radius 1 is 1.58 bits per heavy atom. The first-order chi connectivity index (χ1) is 5.68. The van der Waals surface area contributed by atoms with Crippen LogP contribution in [0.15, 0.2) is 4.42 Å². The Hall–Kier alpha value is -0.830. The fraction of sp³-hybridized carbons (Fsp3) is 0.667. The average Bonchev–Trinajstić information content (AvgIpc) is 2.53. The van der Waals surface area contributed by atoms with Gasteiger partial charge in [-0.1, -0.05) is 13.8 Å². The summed E-state index contributed by atoms with van der Waals surface area (Å²) >= 11 is 0. The quantitative estimate of drug-likeness (QED) is 0.691. The van der Waals surface area contributed by atoms with Gasteiger partial charge in [0.2, 0.25) is 0 Å². The summed E-state index contributed by atoms with van der Waals surface area (Å²) in [5, 5.41) is 0. The third kappa shape index (κ3) is 1.05. The Balaban J connectivity index is 2.36. The lowest BCUT2D eigenvalue weighted by Gasteiger charge is -2.00. The largest absolute Gasteiger partial charge is 0.443 e. The molecule has 0 radical (unpaired) electrons. The monoisotopic (exact) mass is 166 g/mol. The van der Waals surface area contributed by atoms with Crippen molar-refractivity contribution in [1.29, 1.82) is 0 Å². The van der Waals surface area contributed by atoms with Gasteiger partial charge in [0, 0.05) is 5.92 Å². The zero-order chi connectivity index (χ0) is 8.72. The van der Waals surface area contributed by atoms with Gasteiger partial charge in [-0.3, -0.25) is 0 Å². The zero-order valence-corrected chi connectivity index (χ0v) is 7.50. The summed E-state index contributed by atoms with van der Waals surface area (Å²) in [5.74, 6) is 2.11. The number of rotatable bonds is 1. The van der Waals surface area contributed by atoms with Gasteiger partial charge in [0.05, 0.1) is 11.7 Å². The number of hydrogen-bond donors (Lipinski definition) is 1. The van der Waals surface area contributed by atoms with E-state index in [1.165, 1.54) is 0 Å². The van der Waals surface area contributed by atoms with E-state index in [0.29, 0.717) is 5.92 Å². The van der Waals surface area contributed by atoms with Gasteiger partial charge in [0.25, 0.3) is 0 Å². The molecule has 1 heterocycles. The van der Waals surface area contributed by atoms with Gasteiger partial charge in [-0.05, 0) is 12.8 Å². The van der Waals surface area contributed by atoms with E-state index in [9.17, 15) is 0 Å². The lowest BCUT2D eigenvalue weighted by Crippen LogP contribution is -2.04. The summed E-state index contributed by atoms with van der Waals surface area (Å²) in [6.07, 6.45) is 1.96. The topological polar surface area (TPSA) is 52.0 Å². The van der Waals surface area contributed by atoms with Crippen LogP contribution in [0.3, 0.4) is 0 Å². The molecular weight excluding hydrogens is 152 g/mol. The first-order valence-electron chi connectivity index (χ1n) is 4.43. The minimum atomic E-state index is 0.0833. The van der Waals surface area contributed by atoms with Crippen LogP contribution in [0.4, 0.5) is 0 Å². The van der Waals surface area contributed by atoms with E-state index in [1.807, 2.05) is 0 Å². The predicted molar refractivity (Wildman–Crippen MR) is 45.8 cm³/mol. The number of nitrogens with two attached hydrogens (primary N) is 1. The van der Waals surface area contributed by atoms with Crippen molar-refractivity contribution in [3.05, 3.63) is 17.3 Å². The van der Waals surface area contributed by atoms with Gasteiger partial charge < -0.3 is 10.2 Å². The highest BCUT2D eigenvalue weighted by Crippen LogP contribution is 2.31. The van der Waals surface area contributed by atoms with E-state index in [4.69, 9.17) is 10.2 Å². The number of hydrogen-bond acceptors (Lipinski definition) is 3. The van der Waals surface area contributed by atoms with Gasteiger partial charge >= 0.3 is 0 Å². The van der Waals surface area contributed by atoms with E-state index < -0.39 is 0 Å². The minimum absolute atomic E-state index is 0.0833. The summed E-state index contributed by atoms with van der Waals surface area (Å²) in [6, 6.07) is 0.0833. The van der Waals surface area contributed by atoms with Crippen molar-refractivity contribution in [1.82, 2.24) is 4.98 Å². The maximum atomic E-state index is 5.83. The third-order valence-corrected chi connectivity index (χ3v) is 2.27. The van der Waals surface area contributed by atoms with Gasteiger partial charge in [-0.25, -0.2) is 4.98 Å². The average molecular weight is 166 g/mol. The van der Waals surface area contributed by atoms with Crippen molar-refractivity contribution in [2.45, 2.75) is 38.6 Å². The second-order valence-electron chi connectivity index (χ2n) is 3.66. The SMILES string of the molecule is CC(C)c1nc2c(o1)C(N)CC2. The summed E-state index contributed by atoms with van der Waals surface area (Å²) in [7, 11) is 0. The second-order valence-corrected chi connectivity index (χ2v) is 3.66. The van der Waals surface area contributed by atoms with Gasteiger partial charge in [0.15, 0.2) is 5.89 Å². The standard InChI is InChI=1S/C9H14N2O/c1-5(2)9-11-7-4-3-6(10)8(7)12-9/h5-6H,3-4,10H2,1-2H3. The van der Waals surface area contributed by atoms with Crippen LogP contribution >= 0.6 is 0 Å². The molecule has 2 N–H and O–H groups in total. The van der Waals surface area contributed by atoms with Crippen LogP contribution in [0.1, 0.15) is 49.6 Å². The number of fused-ring (bicyclic) bond motifs is 1. The van der Waals surface area contributed by atoms with Crippen LogP contribution in [-0.2, 0) is 6.42 Å². The molecule has 0 aliphatic heterocycles. The fourth-order valence-electron chi connectivity index (χ4n) is 1.52. The Labute approximate surface area is 72.0 Å². The van der Waals surface area contributed by atoms with Crippen molar-refractivity contribution in [2.24, 2.45) is 5.73 Å². The zero-order valence-electron chi connectivity index (χ0n) is 7.50. The van der Waals surface area contributed by atoms with Crippen LogP contribution in [0, 0.1) is 0 Å². The van der Waals surface area contributed by atoms with Gasteiger partial charge in [-0.15, -0.1) is 0 Å². The molecule has 0 aromatic carbocycles. The Bertz CT molecular complexity index is 291. The lowest BCUT2D eigenvalue weighted by molar-refractivity contribution is 0.413. The van der Waals surface area contributed by atoms with Crippen LogP contribution in [0.2, 0.25) is 0 Å². The van der Waals surface area contributed by atoms with E-state index in [0.717, 1.165) is 30.2 Å². The van der Waals surface area contributed by atoms with Crippen LogP contribution < -0.4 is 5.73 Å². The molecule has 1 unspecified atom stereocenters. The molecule has 2 rings (SSSR count). The molecule has 3 heteroatoms. The molecule has 1 aliphatic rings. The van der Waals surface area contributed by atoms with Crippen LogP contribution in [0.25, 0.3) is 0 Å². The van der Waals surface area contributed by atoms with E-state index in [1.54, 1.807) is 0 Å². The molecule has 0 amide bonds. The first kappa shape index (κ1) is 7.80. The van der Waals surface area contributed by atoms with Gasteiger partial charge in [0.1, 0.15) is 5.76 Å². The van der Waals surface area contributed by atoms with Gasteiger partial charge in [-0.2, -0.15) is 0 Å². The minimum Gasteiger partial charge on any atom is -0.443 e. The molecule has 1 aromatic heterocycles. The Kier molecular flexibility index (Phi) is 1.68. The smallest absolute Gasteiger partial charge is 0.197 e. The first-order valence-corrected chi connectivity index (χ1v) is 4.43. The highest BCUT2D eigenvalue weighted by atomic mass is 16.4. The molecule has 1 aromatic rings. The van der Waals surface area contributed by atoms with Crippen molar-refractivity contribution in [3.8, 4) is 0 Å². The molecule has 0 saturated heterocycles. The lowest BCUT2D eigenvalue weighted by atomic mass is 10.2. The maximum absolute atomic E-state index is 5.83. The van der Waals surface area contributed by atoms with Crippen molar-refractivity contribution in [2.75, 3.05) is 0 Å². The van der Waals surface area contributed by atoms with Crippen molar-refractivity contribution >= 4 is 0 Å². The molecule has 0 spiro atoms. The fourth-order valence-corrected chi connectivity index (χ4v) is 1.52. The van der Waals surface area contributed by atoms with E-state index in [-0.39, 0.29) is 6.04 Å². The highest BCUT2D eigenvalue weighted by molar-refractivity contribution is 5.20. The van der Waals surface area contributed by atoms with Crippen molar-refractivity contribution in [3.63, 3.8) is 0 Å². The van der Waals surface area contributed by atoms with Crippen LogP contribution in [-0.4, -0.2) is 4.98 Å². The molecule has 3 nitrogen and oxygen atoms in total. The molecule has 0 bridgehead atoms. The highest BCUT2D eigenvalue weighted by Gasteiger charge is 2.26. The number of aryl methyl sites for hydroxylation is 1. The van der Waals surface area contributed by atoms with Crippen molar-refractivity contribution < 1.29 is 4.42 Å². The summed E-state index contributed by atoms with van der Waals surface area (Å²) in [5.41, 5.74) is 6.90. The Morgan fingerprint density at radius 3 is 2.92 bits per heavy atom. The molecule has 1 atom stereocenters. The second kappa shape index (κ2) is 2.59. The van der Waals surface area contributed by atoms with E-state index in [2.05, 4.69) is 18.8 Å². The number of aromatic nitrogens is 1. The third-order valence-electron chi connectivity index (χ3n) is 2.27. The summed E-state index contributed by atoms with van der Waals surface area (Å²) in [4.78, 5) is 4.39. The maximum Gasteiger partial charge on any atom is 0.197 e. The Morgan fingerprint density at radius 2 is 2.33 bits per heavy atom. The molecular formula is C9H14N2O. The molecule has 66 valence electrons. The van der Waals surface area contributed by atoms with E-state index >= 15 is 0 Å². The number of nitrogens with zero attached hydrogens (tertiary/aromatic N) is 1. The number of oxazole rings is 1.